The summed E-state index contributed by atoms with van der Waals surface area (Å²) in [6.45, 7) is 7.79. The fourth-order valence-corrected chi connectivity index (χ4v) is 2.35. The molecule has 1 unspecified atom stereocenters. The molecule has 0 aromatic carbocycles. The lowest BCUT2D eigenvalue weighted by molar-refractivity contribution is -0.145. The molecule has 2 N–H and O–H groups in total. The van der Waals surface area contributed by atoms with E-state index in [2.05, 4.69) is 24.1 Å². The zero-order valence-electron chi connectivity index (χ0n) is 11.8. The van der Waals surface area contributed by atoms with E-state index in [-0.39, 0.29) is 0 Å². The summed E-state index contributed by atoms with van der Waals surface area (Å²) < 4.78 is 0. The van der Waals surface area contributed by atoms with Crippen molar-refractivity contribution in [1.82, 2.24) is 10.2 Å². The third kappa shape index (κ3) is 3.69. The molecular formula is C14H26N2O2. The maximum atomic E-state index is 11.6. The third-order valence-electron chi connectivity index (χ3n) is 4.01. The van der Waals surface area contributed by atoms with Crippen LogP contribution in [0, 0.1) is 5.92 Å². The van der Waals surface area contributed by atoms with E-state index in [0.717, 1.165) is 25.3 Å². The van der Waals surface area contributed by atoms with E-state index >= 15 is 0 Å². The fraction of sp³-hybridized carbons (Fsp3) is 0.929. The largest absolute Gasteiger partial charge is 0.480 e. The minimum Gasteiger partial charge on any atom is -0.480 e. The van der Waals surface area contributed by atoms with Gasteiger partial charge in [-0.05, 0) is 52.4 Å². The topological polar surface area (TPSA) is 52.6 Å². The van der Waals surface area contributed by atoms with Gasteiger partial charge in [0, 0.05) is 25.2 Å². The van der Waals surface area contributed by atoms with E-state index in [1.165, 1.54) is 12.8 Å². The normalized spacial score (nSPS) is 23.4. The Bertz CT molecular complexity index is 311. The Kier molecular flexibility index (Phi) is 3.97. The van der Waals surface area contributed by atoms with Crippen molar-refractivity contribution in [3.05, 3.63) is 0 Å². The van der Waals surface area contributed by atoms with Crippen molar-refractivity contribution in [2.24, 2.45) is 5.92 Å². The number of nitrogens with one attached hydrogen (secondary N) is 1. The molecule has 4 heteroatoms. The Morgan fingerprint density at radius 1 is 1.39 bits per heavy atom. The maximum Gasteiger partial charge on any atom is 0.324 e. The second-order valence-corrected chi connectivity index (χ2v) is 6.52. The van der Waals surface area contributed by atoms with Crippen LogP contribution in [-0.2, 0) is 4.79 Å². The first-order valence-electron chi connectivity index (χ1n) is 7.16. The minimum absolute atomic E-state index is 0.408. The molecule has 4 nitrogen and oxygen atoms in total. The Labute approximate surface area is 110 Å². The van der Waals surface area contributed by atoms with E-state index in [4.69, 9.17) is 0 Å². The Balaban J connectivity index is 1.97. The van der Waals surface area contributed by atoms with Gasteiger partial charge in [0.05, 0.1) is 0 Å². The second kappa shape index (κ2) is 5.17. The lowest BCUT2D eigenvalue weighted by Crippen LogP contribution is -2.59. The molecule has 0 aliphatic heterocycles. The molecule has 2 aliphatic carbocycles. The van der Waals surface area contributed by atoms with Gasteiger partial charge in [-0.25, -0.2) is 0 Å². The summed E-state index contributed by atoms with van der Waals surface area (Å²) in [7, 11) is 0. The summed E-state index contributed by atoms with van der Waals surface area (Å²) in [5.74, 6) is 0.0715. The van der Waals surface area contributed by atoms with E-state index in [9.17, 15) is 9.90 Å². The van der Waals surface area contributed by atoms with Gasteiger partial charge in [0.25, 0.3) is 0 Å². The van der Waals surface area contributed by atoms with Gasteiger partial charge in [0.1, 0.15) is 5.54 Å². The van der Waals surface area contributed by atoms with Crippen LogP contribution in [0.25, 0.3) is 0 Å². The van der Waals surface area contributed by atoms with E-state index in [1.807, 2.05) is 6.92 Å². The summed E-state index contributed by atoms with van der Waals surface area (Å²) in [6.07, 6.45) is 4.85. The number of aliphatic carboxylic acids is 1. The molecule has 2 rings (SSSR count). The first kappa shape index (κ1) is 13.8. The van der Waals surface area contributed by atoms with Crippen molar-refractivity contribution in [3.63, 3.8) is 0 Å². The van der Waals surface area contributed by atoms with Crippen molar-refractivity contribution in [1.29, 1.82) is 0 Å². The highest BCUT2D eigenvalue weighted by molar-refractivity contribution is 5.78. The van der Waals surface area contributed by atoms with Crippen LogP contribution in [0.2, 0.25) is 0 Å². The van der Waals surface area contributed by atoms with Gasteiger partial charge < -0.3 is 5.11 Å². The molecule has 104 valence electrons. The Hall–Kier alpha value is -0.610. The predicted octanol–water partition coefficient (Wildman–Crippen LogP) is 1.70. The molecule has 0 saturated heterocycles. The standard InChI is InChI=1S/C14H26N2O2/c1-10(2)16(8-11-4-5-11)9-14(3,13(17)18)15-12-6-7-12/h10-12,15H,4-9H2,1-3H3,(H,17,18). The molecule has 0 radical (unpaired) electrons. The molecule has 0 aromatic rings. The average molecular weight is 254 g/mol. The molecule has 2 saturated carbocycles. The van der Waals surface area contributed by atoms with Crippen LogP contribution in [0.4, 0.5) is 0 Å². The zero-order chi connectivity index (χ0) is 13.3. The molecule has 2 aliphatic rings. The van der Waals surface area contributed by atoms with Crippen LogP contribution in [0.15, 0.2) is 0 Å². The molecule has 0 amide bonds. The molecule has 2 fully saturated rings. The van der Waals surface area contributed by atoms with Crippen molar-refractivity contribution >= 4 is 5.97 Å². The summed E-state index contributed by atoms with van der Waals surface area (Å²) in [5.41, 5.74) is -0.805. The zero-order valence-corrected chi connectivity index (χ0v) is 11.8. The molecule has 18 heavy (non-hydrogen) atoms. The highest BCUT2D eigenvalue weighted by Gasteiger charge is 2.41. The van der Waals surface area contributed by atoms with Crippen molar-refractivity contribution in [3.8, 4) is 0 Å². The van der Waals surface area contributed by atoms with E-state index < -0.39 is 11.5 Å². The van der Waals surface area contributed by atoms with Crippen LogP contribution in [0.1, 0.15) is 46.5 Å². The number of hydrogen-bond acceptors (Lipinski definition) is 3. The van der Waals surface area contributed by atoms with Crippen molar-refractivity contribution in [2.45, 2.75) is 64.1 Å². The Morgan fingerprint density at radius 2 is 2.00 bits per heavy atom. The molecule has 1 atom stereocenters. The molecular weight excluding hydrogens is 228 g/mol. The summed E-state index contributed by atoms with van der Waals surface area (Å²) in [5, 5.41) is 12.8. The number of rotatable bonds is 8. The second-order valence-electron chi connectivity index (χ2n) is 6.52. The van der Waals surface area contributed by atoms with Gasteiger partial charge in [0.15, 0.2) is 0 Å². The highest BCUT2D eigenvalue weighted by Crippen LogP contribution is 2.31. The first-order chi connectivity index (χ1) is 8.40. The lowest BCUT2D eigenvalue weighted by atomic mass is 10.0. The molecule has 0 heterocycles. The minimum atomic E-state index is -0.805. The number of carboxylic acids is 1. The van der Waals surface area contributed by atoms with Gasteiger partial charge in [-0.1, -0.05) is 0 Å². The van der Waals surface area contributed by atoms with Gasteiger partial charge in [-0.2, -0.15) is 0 Å². The molecule has 0 spiro atoms. The Morgan fingerprint density at radius 3 is 2.39 bits per heavy atom. The van der Waals surface area contributed by atoms with Crippen LogP contribution < -0.4 is 5.32 Å². The van der Waals surface area contributed by atoms with Crippen molar-refractivity contribution < 1.29 is 9.90 Å². The third-order valence-corrected chi connectivity index (χ3v) is 4.01. The van der Waals surface area contributed by atoms with Gasteiger partial charge in [-0.15, -0.1) is 0 Å². The van der Waals surface area contributed by atoms with Crippen LogP contribution >= 0.6 is 0 Å². The lowest BCUT2D eigenvalue weighted by Gasteiger charge is -2.35. The number of carbonyl (C=O) groups is 1. The van der Waals surface area contributed by atoms with Crippen LogP contribution in [0.3, 0.4) is 0 Å². The monoisotopic (exact) mass is 254 g/mol. The van der Waals surface area contributed by atoms with Gasteiger partial charge in [0.2, 0.25) is 0 Å². The van der Waals surface area contributed by atoms with Gasteiger partial charge in [-0.3, -0.25) is 15.0 Å². The van der Waals surface area contributed by atoms with Crippen LogP contribution in [-0.4, -0.2) is 46.7 Å². The summed E-state index contributed by atoms with van der Waals surface area (Å²) >= 11 is 0. The summed E-state index contributed by atoms with van der Waals surface area (Å²) in [6, 6.07) is 0.825. The molecule has 0 aromatic heterocycles. The van der Waals surface area contributed by atoms with Gasteiger partial charge >= 0.3 is 5.97 Å². The highest BCUT2D eigenvalue weighted by atomic mass is 16.4. The smallest absolute Gasteiger partial charge is 0.324 e. The predicted molar refractivity (Wildman–Crippen MR) is 71.6 cm³/mol. The average Bonchev–Trinajstić information content (AvgIpc) is 3.11. The summed E-state index contributed by atoms with van der Waals surface area (Å²) in [4.78, 5) is 13.9. The van der Waals surface area contributed by atoms with E-state index in [0.29, 0.717) is 18.6 Å². The fourth-order valence-electron chi connectivity index (χ4n) is 2.35. The van der Waals surface area contributed by atoms with Crippen LogP contribution in [0.5, 0.6) is 0 Å². The molecule has 0 bridgehead atoms. The quantitative estimate of drug-likeness (QED) is 0.692. The first-order valence-corrected chi connectivity index (χ1v) is 7.16. The maximum absolute atomic E-state index is 11.6. The number of hydrogen-bond donors (Lipinski definition) is 2. The number of carboxylic acid groups (broad SMARTS) is 1. The van der Waals surface area contributed by atoms with E-state index in [1.54, 1.807) is 0 Å². The number of nitrogens with zero attached hydrogens (tertiary/aromatic N) is 1. The SMILES string of the molecule is CC(C)N(CC1CC1)CC(C)(NC1CC1)C(=O)O. The van der Waals surface area contributed by atoms with Crippen molar-refractivity contribution in [2.75, 3.05) is 13.1 Å².